The number of hydrogen-bond donors (Lipinski definition) is 0. The summed E-state index contributed by atoms with van der Waals surface area (Å²) >= 11 is 0. The van der Waals surface area contributed by atoms with Crippen molar-refractivity contribution in [2.75, 3.05) is 13.7 Å². The van der Waals surface area contributed by atoms with E-state index in [9.17, 15) is 0 Å². The van der Waals surface area contributed by atoms with Gasteiger partial charge in [-0.25, -0.2) is 0 Å². The number of benzene rings is 1. The maximum Gasteiger partial charge on any atom is 0.122 e. The molecule has 1 atom stereocenters. The molecule has 1 aromatic carbocycles. The molecule has 2 heteroatoms. The molecule has 0 saturated heterocycles. The van der Waals surface area contributed by atoms with Gasteiger partial charge in [0.15, 0.2) is 0 Å². The lowest BCUT2D eigenvalue weighted by molar-refractivity contribution is 0.260. The van der Waals surface area contributed by atoms with Gasteiger partial charge in [0.2, 0.25) is 0 Å². The molecule has 1 unspecified atom stereocenters. The second-order valence-electron chi connectivity index (χ2n) is 4.81. The highest BCUT2D eigenvalue weighted by molar-refractivity contribution is 5.42. The van der Waals surface area contributed by atoms with Crippen LogP contribution in [0.2, 0.25) is 0 Å². The van der Waals surface area contributed by atoms with Crippen LogP contribution in [0.4, 0.5) is 0 Å². The Labute approximate surface area is 110 Å². The average molecular weight is 245 g/mol. The molecule has 0 heterocycles. The number of aryl methyl sites for hydroxylation is 1. The minimum Gasteiger partial charge on any atom is -0.496 e. The van der Waals surface area contributed by atoms with Crippen LogP contribution in [-0.2, 0) is 12.8 Å². The highest BCUT2D eigenvalue weighted by atomic mass is 16.5. The third-order valence-corrected chi connectivity index (χ3v) is 3.81. The van der Waals surface area contributed by atoms with Crippen molar-refractivity contribution < 1.29 is 4.74 Å². The normalized spacial score (nSPS) is 18.7. The van der Waals surface area contributed by atoms with Crippen LogP contribution in [0, 0.1) is 0 Å². The highest BCUT2D eigenvalue weighted by Crippen LogP contribution is 2.31. The number of rotatable bonds is 4. The minimum absolute atomic E-state index is 0.606. The van der Waals surface area contributed by atoms with Crippen LogP contribution in [0.5, 0.6) is 5.75 Å². The Balaban J connectivity index is 2.22. The van der Waals surface area contributed by atoms with E-state index in [1.807, 2.05) is 0 Å². The van der Waals surface area contributed by atoms with Gasteiger partial charge >= 0.3 is 0 Å². The lowest BCUT2D eigenvalue weighted by Crippen LogP contribution is -2.35. The van der Waals surface area contributed by atoms with Crippen molar-refractivity contribution in [1.82, 2.24) is 4.90 Å². The quantitative estimate of drug-likeness (QED) is 0.806. The van der Waals surface area contributed by atoms with E-state index >= 15 is 0 Å². The average Bonchev–Trinajstić information content (AvgIpc) is 2.43. The lowest BCUT2D eigenvalue weighted by atomic mass is 9.87. The Kier molecular flexibility index (Phi) is 4.29. The van der Waals surface area contributed by atoms with Crippen LogP contribution >= 0.6 is 0 Å². The zero-order chi connectivity index (χ0) is 13.0. The minimum atomic E-state index is 0.606. The molecule has 1 aliphatic carbocycles. The molecular formula is C16H23NO. The smallest absolute Gasteiger partial charge is 0.122 e. The van der Waals surface area contributed by atoms with Crippen LogP contribution in [0.25, 0.3) is 0 Å². The highest BCUT2D eigenvalue weighted by Gasteiger charge is 2.23. The zero-order valence-corrected chi connectivity index (χ0v) is 11.6. The number of allylic oxidation sites excluding steroid dienone is 1. The number of fused-ring (bicyclic) bond motifs is 1. The Bertz CT molecular complexity index is 411. The van der Waals surface area contributed by atoms with Gasteiger partial charge in [-0.3, -0.25) is 0 Å². The van der Waals surface area contributed by atoms with Gasteiger partial charge in [-0.1, -0.05) is 18.2 Å². The molecule has 0 bridgehead atoms. The first kappa shape index (κ1) is 13.0. The van der Waals surface area contributed by atoms with Crippen molar-refractivity contribution in [2.45, 2.75) is 39.2 Å². The number of methoxy groups -OCH3 is 1. The van der Waals surface area contributed by atoms with E-state index in [1.54, 1.807) is 7.11 Å². The van der Waals surface area contributed by atoms with Gasteiger partial charge in [-0.2, -0.15) is 0 Å². The molecule has 98 valence electrons. The van der Waals surface area contributed by atoms with Crippen LogP contribution < -0.4 is 4.74 Å². The molecule has 0 spiro atoms. The molecule has 0 fully saturated rings. The summed E-state index contributed by atoms with van der Waals surface area (Å²) in [7, 11) is 1.77. The van der Waals surface area contributed by atoms with E-state index in [0.717, 1.165) is 25.1 Å². The number of likely N-dealkylation sites (N-methyl/N-ethyl adjacent to an activating group) is 1. The van der Waals surface area contributed by atoms with Crippen LogP contribution in [0.15, 0.2) is 30.5 Å². The first-order chi connectivity index (χ1) is 8.80. The van der Waals surface area contributed by atoms with E-state index in [-0.39, 0.29) is 0 Å². The molecule has 2 nitrogen and oxygen atoms in total. The first-order valence-electron chi connectivity index (χ1n) is 6.83. The van der Waals surface area contributed by atoms with Gasteiger partial charge in [-0.15, -0.1) is 0 Å². The monoisotopic (exact) mass is 245 g/mol. The van der Waals surface area contributed by atoms with Gasteiger partial charge in [0.05, 0.1) is 7.11 Å². The fourth-order valence-corrected chi connectivity index (χ4v) is 2.89. The van der Waals surface area contributed by atoms with Gasteiger partial charge in [0.1, 0.15) is 5.75 Å². The molecular weight excluding hydrogens is 222 g/mol. The SMILES string of the molecule is C/C=C\N(CC)C1CCc2cccc(OC)c2C1. The molecule has 1 aromatic rings. The summed E-state index contributed by atoms with van der Waals surface area (Å²) in [6.07, 6.45) is 7.83. The van der Waals surface area contributed by atoms with E-state index in [0.29, 0.717) is 6.04 Å². The van der Waals surface area contributed by atoms with Crippen LogP contribution in [-0.4, -0.2) is 24.6 Å². The molecule has 0 N–H and O–H groups in total. The summed E-state index contributed by atoms with van der Waals surface area (Å²) in [6.45, 7) is 5.37. The van der Waals surface area contributed by atoms with Gasteiger partial charge in [0.25, 0.3) is 0 Å². The number of ether oxygens (including phenoxy) is 1. The Hall–Kier alpha value is -1.44. The molecule has 18 heavy (non-hydrogen) atoms. The van der Waals surface area contributed by atoms with Gasteiger partial charge in [0, 0.05) is 12.6 Å². The van der Waals surface area contributed by atoms with E-state index < -0.39 is 0 Å². The summed E-state index contributed by atoms with van der Waals surface area (Å²) in [4.78, 5) is 2.44. The molecule has 0 amide bonds. The molecule has 2 rings (SSSR count). The first-order valence-corrected chi connectivity index (χ1v) is 6.83. The predicted octanol–water partition coefficient (Wildman–Crippen LogP) is 3.41. The summed E-state index contributed by atoms with van der Waals surface area (Å²) < 4.78 is 5.50. The summed E-state index contributed by atoms with van der Waals surface area (Å²) in [5.74, 6) is 1.05. The fraction of sp³-hybridized carbons (Fsp3) is 0.500. The zero-order valence-electron chi connectivity index (χ0n) is 11.6. The van der Waals surface area contributed by atoms with Crippen LogP contribution in [0.3, 0.4) is 0 Å². The van der Waals surface area contributed by atoms with Crippen molar-refractivity contribution in [3.63, 3.8) is 0 Å². The molecule has 0 aromatic heterocycles. The maximum absolute atomic E-state index is 5.50. The molecule has 0 saturated carbocycles. The van der Waals surface area contributed by atoms with Gasteiger partial charge < -0.3 is 9.64 Å². The third kappa shape index (κ3) is 2.53. The Morgan fingerprint density at radius 1 is 1.44 bits per heavy atom. The summed E-state index contributed by atoms with van der Waals surface area (Å²) in [5, 5.41) is 0. The van der Waals surface area contributed by atoms with Crippen molar-refractivity contribution in [3.8, 4) is 5.75 Å². The van der Waals surface area contributed by atoms with Crippen LogP contribution in [0.1, 0.15) is 31.4 Å². The van der Waals surface area contributed by atoms with Crippen molar-refractivity contribution in [3.05, 3.63) is 41.6 Å². The topological polar surface area (TPSA) is 12.5 Å². The fourth-order valence-electron chi connectivity index (χ4n) is 2.89. The van der Waals surface area contributed by atoms with Gasteiger partial charge in [-0.05, 0) is 56.5 Å². The lowest BCUT2D eigenvalue weighted by Gasteiger charge is -2.34. The molecule has 0 aliphatic heterocycles. The molecule has 0 radical (unpaired) electrons. The van der Waals surface area contributed by atoms with Crippen molar-refractivity contribution >= 4 is 0 Å². The summed E-state index contributed by atoms with van der Waals surface area (Å²) in [5.41, 5.74) is 2.86. The second kappa shape index (κ2) is 5.94. The van der Waals surface area contributed by atoms with Crippen molar-refractivity contribution in [2.24, 2.45) is 0 Å². The number of hydrogen-bond acceptors (Lipinski definition) is 2. The standard InChI is InChI=1S/C16H23NO/c1-4-11-17(5-2)14-10-9-13-7-6-8-16(18-3)15(13)12-14/h4,6-8,11,14H,5,9-10,12H2,1-3H3/b11-4-. The second-order valence-corrected chi connectivity index (χ2v) is 4.81. The van der Waals surface area contributed by atoms with E-state index in [1.165, 1.54) is 17.5 Å². The maximum atomic E-state index is 5.50. The van der Waals surface area contributed by atoms with E-state index in [4.69, 9.17) is 4.74 Å². The Morgan fingerprint density at radius 3 is 2.94 bits per heavy atom. The Morgan fingerprint density at radius 2 is 2.28 bits per heavy atom. The largest absolute Gasteiger partial charge is 0.496 e. The van der Waals surface area contributed by atoms with E-state index in [2.05, 4.69) is 49.2 Å². The predicted molar refractivity (Wildman–Crippen MR) is 76.0 cm³/mol. The number of nitrogens with zero attached hydrogens (tertiary/aromatic N) is 1. The molecule has 1 aliphatic rings. The third-order valence-electron chi connectivity index (χ3n) is 3.81. The summed E-state index contributed by atoms with van der Waals surface area (Å²) in [6, 6.07) is 7.02. The van der Waals surface area contributed by atoms with Crippen molar-refractivity contribution in [1.29, 1.82) is 0 Å².